The summed E-state index contributed by atoms with van der Waals surface area (Å²) in [6, 6.07) is 0. The second-order valence-corrected chi connectivity index (χ2v) is 5.78. The zero-order valence-corrected chi connectivity index (χ0v) is 10.7. The molecule has 3 nitrogen and oxygen atoms in total. The fourth-order valence-electron chi connectivity index (χ4n) is 1.75. The lowest BCUT2D eigenvalue weighted by atomic mass is 9.93. The van der Waals surface area contributed by atoms with E-state index in [0.717, 1.165) is 22.6 Å². The van der Waals surface area contributed by atoms with Gasteiger partial charge in [-0.05, 0) is 34.4 Å². The summed E-state index contributed by atoms with van der Waals surface area (Å²) in [5, 5.41) is 0. The van der Waals surface area contributed by atoms with Gasteiger partial charge in [-0.1, -0.05) is 13.8 Å². The average molecular weight is 303 g/mol. The van der Waals surface area contributed by atoms with E-state index in [2.05, 4.69) is 51.3 Å². The molecule has 1 aromatic heterocycles. The van der Waals surface area contributed by atoms with Crippen molar-refractivity contribution in [3.05, 3.63) is 16.0 Å². The normalized spacial score (nSPS) is 20.1. The Kier molecular flexibility index (Phi) is 2.64. The first-order valence-corrected chi connectivity index (χ1v) is 5.87. The zero-order valence-electron chi connectivity index (χ0n) is 8.50. The maximum absolute atomic E-state index is 4.33. The molecule has 14 heavy (non-hydrogen) atoms. The van der Waals surface area contributed by atoms with Crippen molar-refractivity contribution in [3.8, 4) is 0 Å². The van der Waals surface area contributed by atoms with E-state index in [-0.39, 0.29) is 0 Å². The van der Waals surface area contributed by atoms with Crippen LogP contribution in [0.2, 0.25) is 0 Å². The van der Waals surface area contributed by atoms with E-state index in [4.69, 9.17) is 0 Å². The van der Waals surface area contributed by atoms with Gasteiger partial charge in [0.2, 0.25) is 5.95 Å². The quantitative estimate of drug-likeness (QED) is 0.746. The van der Waals surface area contributed by atoms with E-state index in [1.54, 1.807) is 0 Å². The third-order valence-electron chi connectivity index (χ3n) is 2.57. The minimum absolute atomic E-state index is 0.409. The van der Waals surface area contributed by atoms with Crippen LogP contribution in [0.15, 0.2) is 12.4 Å². The first-order valence-electron chi connectivity index (χ1n) is 4.79. The van der Waals surface area contributed by atoms with Crippen molar-refractivity contribution < 1.29 is 0 Å². The molecule has 1 fully saturated rings. The summed E-state index contributed by atoms with van der Waals surface area (Å²) in [4.78, 5) is 10.9. The summed E-state index contributed by atoms with van der Waals surface area (Å²) >= 11 is 2.22. The lowest BCUT2D eigenvalue weighted by Crippen LogP contribution is -2.24. The molecule has 76 valence electrons. The second kappa shape index (κ2) is 3.64. The highest BCUT2D eigenvalue weighted by molar-refractivity contribution is 14.1. The molecular weight excluding hydrogens is 289 g/mol. The Morgan fingerprint density at radius 1 is 1.36 bits per heavy atom. The molecule has 2 heterocycles. The minimum Gasteiger partial charge on any atom is -0.340 e. The molecule has 0 unspecified atom stereocenters. The predicted octanol–water partition coefficient (Wildman–Crippen LogP) is 2.32. The smallest absolute Gasteiger partial charge is 0.225 e. The molecule has 2 rings (SSSR count). The maximum atomic E-state index is 4.33. The summed E-state index contributed by atoms with van der Waals surface area (Å²) in [6.45, 7) is 6.72. The molecule has 0 radical (unpaired) electrons. The summed E-state index contributed by atoms with van der Waals surface area (Å²) in [7, 11) is 0. The molecule has 0 aliphatic carbocycles. The van der Waals surface area contributed by atoms with Gasteiger partial charge in [0.15, 0.2) is 0 Å². The van der Waals surface area contributed by atoms with E-state index >= 15 is 0 Å². The fourth-order valence-corrected chi connectivity index (χ4v) is 2.03. The highest BCUT2D eigenvalue weighted by Gasteiger charge is 2.30. The number of anilines is 1. The summed E-state index contributed by atoms with van der Waals surface area (Å²) in [6.07, 6.45) is 4.96. The molecule has 1 aromatic rings. The van der Waals surface area contributed by atoms with E-state index in [1.165, 1.54) is 6.42 Å². The predicted molar refractivity (Wildman–Crippen MR) is 65.4 cm³/mol. The summed E-state index contributed by atoms with van der Waals surface area (Å²) < 4.78 is 1.09. The molecule has 1 aliphatic heterocycles. The van der Waals surface area contributed by atoms with Crippen molar-refractivity contribution in [1.82, 2.24) is 9.97 Å². The van der Waals surface area contributed by atoms with Crippen molar-refractivity contribution in [1.29, 1.82) is 0 Å². The molecule has 0 aromatic carbocycles. The van der Waals surface area contributed by atoms with Crippen LogP contribution in [0.5, 0.6) is 0 Å². The number of nitrogens with zero attached hydrogens (tertiary/aromatic N) is 3. The van der Waals surface area contributed by atoms with Crippen LogP contribution in [0.25, 0.3) is 0 Å². The third-order valence-corrected chi connectivity index (χ3v) is 3.12. The van der Waals surface area contributed by atoms with Crippen LogP contribution >= 0.6 is 22.6 Å². The van der Waals surface area contributed by atoms with Crippen LogP contribution in [-0.4, -0.2) is 23.1 Å². The lowest BCUT2D eigenvalue weighted by molar-refractivity contribution is 0.418. The first-order chi connectivity index (χ1) is 6.57. The summed E-state index contributed by atoms with van der Waals surface area (Å²) in [5.41, 5.74) is 0.409. The molecule has 1 aliphatic rings. The molecule has 0 bridgehead atoms. The Morgan fingerprint density at radius 2 is 2.00 bits per heavy atom. The van der Waals surface area contributed by atoms with E-state index in [0.29, 0.717) is 5.41 Å². The average Bonchev–Trinajstić information content (AvgIpc) is 2.47. The number of halogens is 1. The van der Waals surface area contributed by atoms with Gasteiger partial charge in [-0.2, -0.15) is 0 Å². The second-order valence-electron chi connectivity index (χ2n) is 4.54. The Bertz CT molecular complexity index is 321. The first kappa shape index (κ1) is 10.1. The van der Waals surface area contributed by atoms with Crippen LogP contribution in [0, 0.1) is 8.99 Å². The number of hydrogen-bond acceptors (Lipinski definition) is 3. The molecule has 1 saturated heterocycles. The molecule has 0 spiro atoms. The van der Waals surface area contributed by atoms with Crippen LogP contribution in [0.1, 0.15) is 20.3 Å². The zero-order chi connectivity index (χ0) is 10.2. The molecule has 0 N–H and O–H groups in total. The van der Waals surface area contributed by atoms with Gasteiger partial charge >= 0.3 is 0 Å². The van der Waals surface area contributed by atoms with Crippen molar-refractivity contribution in [2.75, 3.05) is 18.0 Å². The SMILES string of the molecule is CC1(C)CCN(c2ncc(I)cn2)C1. The Balaban J connectivity index is 2.14. The molecule has 0 atom stereocenters. The fraction of sp³-hybridized carbons (Fsp3) is 0.600. The molecule has 0 amide bonds. The van der Waals surface area contributed by atoms with Gasteiger partial charge in [-0.15, -0.1) is 0 Å². The Hall–Kier alpha value is -0.390. The topological polar surface area (TPSA) is 29.0 Å². The number of hydrogen-bond donors (Lipinski definition) is 0. The van der Waals surface area contributed by atoms with Crippen molar-refractivity contribution in [2.24, 2.45) is 5.41 Å². The van der Waals surface area contributed by atoms with E-state index < -0.39 is 0 Å². The van der Waals surface area contributed by atoms with Crippen LogP contribution in [0.3, 0.4) is 0 Å². The van der Waals surface area contributed by atoms with Crippen molar-refractivity contribution >= 4 is 28.5 Å². The van der Waals surface area contributed by atoms with Gasteiger partial charge in [-0.3, -0.25) is 0 Å². The van der Waals surface area contributed by atoms with Crippen LogP contribution in [0.4, 0.5) is 5.95 Å². The van der Waals surface area contributed by atoms with Crippen molar-refractivity contribution in [3.63, 3.8) is 0 Å². The number of rotatable bonds is 1. The van der Waals surface area contributed by atoms with E-state index in [1.807, 2.05) is 12.4 Å². The Labute approximate surface area is 98.1 Å². The van der Waals surface area contributed by atoms with Gasteiger partial charge in [0.05, 0.1) is 0 Å². The molecule has 0 saturated carbocycles. The van der Waals surface area contributed by atoms with Gasteiger partial charge in [-0.25, -0.2) is 9.97 Å². The van der Waals surface area contributed by atoms with Gasteiger partial charge in [0.1, 0.15) is 0 Å². The Morgan fingerprint density at radius 3 is 2.50 bits per heavy atom. The van der Waals surface area contributed by atoms with Gasteiger partial charge in [0.25, 0.3) is 0 Å². The highest BCUT2D eigenvalue weighted by atomic mass is 127. The lowest BCUT2D eigenvalue weighted by Gasteiger charge is -2.19. The monoisotopic (exact) mass is 303 g/mol. The van der Waals surface area contributed by atoms with Gasteiger partial charge in [0, 0.05) is 29.1 Å². The molecular formula is C10H14IN3. The van der Waals surface area contributed by atoms with Crippen LogP contribution < -0.4 is 4.90 Å². The number of aromatic nitrogens is 2. The van der Waals surface area contributed by atoms with Crippen LogP contribution in [-0.2, 0) is 0 Å². The van der Waals surface area contributed by atoms with Gasteiger partial charge < -0.3 is 4.90 Å². The van der Waals surface area contributed by atoms with Crippen molar-refractivity contribution in [2.45, 2.75) is 20.3 Å². The minimum atomic E-state index is 0.409. The third kappa shape index (κ3) is 2.16. The standard InChI is InChI=1S/C10H14IN3/c1-10(2)3-4-14(7-10)9-12-5-8(11)6-13-9/h5-6H,3-4,7H2,1-2H3. The maximum Gasteiger partial charge on any atom is 0.225 e. The molecule has 4 heteroatoms. The summed E-state index contributed by atoms with van der Waals surface area (Å²) in [5.74, 6) is 0.871. The highest BCUT2D eigenvalue weighted by Crippen LogP contribution is 2.30. The largest absolute Gasteiger partial charge is 0.340 e. The van der Waals surface area contributed by atoms with E-state index in [9.17, 15) is 0 Å².